The first-order valence-electron chi connectivity index (χ1n) is 7.94. The van der Waals surface area contributed by atoms with Crippen LogP contribution in [0.2, 0.25) is 0 Å². The predicted molar refractivity (Wildman–Crippen MR) is 95.1 cm³/mol. The van der Waals surface area contributed by atoms with Crippen LogP contribution < -0.4 is 9.47 Å². The van der Waals surface area contributed by atoms with Crippen LogP contribution in [0.15, 0.2) is 78.9 Å². The summed E-state index contributed by atoms with van der Waals surface area (Å²) >= 11 is 0. The third-order valence-corrected chi connectivity index (χ3v) is 3.88. The van der Waals surface area contributed by atoms with E-state index in [1.807, 2.05) is 54.6 Å². The molecule has 0 fully saturated rings. The number of para-hydroxylation sites is 2. The summed E-state index contributed by atoms with van der Waals surface area (Å²) in [5.41, 5.74) is 3.36. The van der Waals surface area contributed by atoms with Gasteiger partial charge in [-0.25, -0.2) is 0 Å². The van der Waals surface area contributed by atoms with Gasteiger partial charge in [0.2, 0.25) is 0 Å². The Labute approximate surface area is 141 Å². The monoisotopic (exact) mass is 312 g/mol. The van der Waals surface area contributed by atoms with Crippen LogP contribution in [0.4, 0.5) is 0 Å². The molecule has 0 saturated carbocycles. The van der Waals surface area contributed by atoms with E-state index in [0.29, 0.717) is 6.61 Å². The van der Waals surface area contributed by atoms with E-state index < -0.39 is 0 Å². The van der Waals surface area contributed by atoms with Crippen molar-refractivity contribution in [2.24, 2.45) is 0 Å². The van der Waals surface area contributed by atoms with E-state index in [1.54, 1.807) is 0 Å². The lowest BCUT2D eigenvalue weighted by Crippen LogP contribution is -2.27. The molecule has 0 bridgehead atoms. The molecule has 1 aliphatic rings. The molecule has 0 N–H and O–H groups in total. The van der Waals surface area contributed by atoms with Gasteiger partial charge in [0.15, 0.2) is 17.6 Å². The summed E-state index contributed by atoms with van der Waals surface area (Å²) in [6.07, 6.45) is -0.242. The smallest absolute Gasteiger partial charge is 0.193 e. The minimum absolute atomic E-state index is 0.242. The number of rotatable bonds is 1. The Hall–Kier alpha value is -3.18. The van der Waals surface area contributed by atoms with Crippen LogP contribution >= 0.6 is 0 Å². The fraction of sp³-hybridized carbons (Fsp3) is 0.0909. The van der Waals surface area contributed by atoms with Crippen molar-refractivity contribution in [2.75, 3.05) is 6.61 Å². The lowest BCUT2D eigenvalue weighted by atomic mass is 10.0. The molecule has 1 heterocycles. The minimum Gasteiger partial charge on any atom is -0.485 e. The molecule has 0 aliphatic carbocycles. The maximum Gasteiger partial charge on any atom is 0.193 e. The molecule has 4 rings (SSSR count). The molecule has 24 heavy (non-hydrogen) atoms. The molecule has 1 atom stereocenters. The van der Waals surface area contributed by atoms with Gasteiger partial charge in [-0.15, -0.1) is 0 Å². The standard InChI is InChI=1S/C22H16O2/c1-2-6-18(7-3-1)19-13-10-17(11-14-19)12-15-20-16-23-21-8-4-5-9-22(21)24-20/h1-11,13-14,20H,16H2. The maximum atomic E-state index is 5.85. The Morgan fingerprint density at radius 3 is 2.17 bits per heavy atom. The van der Waals surface area contributed by atoms with Gasteiger partial charge in [0, 0.05) is 5.56 Å². The zero-order chi connectivity index (χ0) is 16.2. The predicted octanol–water partition coefficient (Wildman–Crippen LogP) is 4.55. The molecule has 1 aliphatic heterocycles. The molecule has 0 spiro atoms. The first-order valence-corrected chi connectivity index (χ1v) is 7.94. The number of ether oxygens (including phenoxy) is 2. The highest BCUT2D eigenvalue weighted by atomic mass is 16.6. The van der Waals surface area contributed by atoms with Crippen LogP contribution in [0.5, 0.6) is 11.5 Å². The van der Waals surface area contributed by atoms with Crippen LogP contribution in [0.25, 0.3) is 11.1 Å². The first kappa shape index (κ1) is 14.4. The number of hydrogen-bond acceptors (Lipinski definition) is 2. The fourth-order valence-electron chi connectivity index (χ4n) is 2.63. The zero-order valence-electron chi connectivity index (χ0n) is 13.1. The molecule has 2 nitrogen and oxygen atoms in total. The van der Waals surface area contributed by atoms with Gasteiger partial charge in [-0.3, -0.25) is 0 Å². The largest absolute Gasteiger partial charge is 0.485 e. The summed E-state index contributed by atoms with van der Waals surface area (Å²) in [4.78, 5) is 0. The lowest BCUT2D eigenvalue weighted by molar-refractivity contribution is 0.129. The van der Waals surface area contributed by atoms with Gasteiger partial charge in [0.05, 0.1) is 0 Å². The van der Waals surface area contributed by atoms with Crippen molar-refractivity contribution in [1.29, 1.82) is 0 Å². The minimum atomic E-state index is -0.242. The Bertz CT molecular complexity index is 887. The molecular formula is C22H16O2. The summed E-state index contributed by atoms with van der Waals surface area (Å²) in [6, 6.07) is 26.2. The van der Waals surface area contributed by atoms with Gasteiger partial charge in [0.1, 0.15) is 6.61 Å². The molecule has 3 aromatic carbocycles. The second-order valence-electron chi connectivity index (χ2n) is 5.58. The molecule has 3 aromatic rings. The normalized spacial score (nSPS) is 15.2. The van der Waals surface area contributed by atoms with Crippen molar-refractivity contribution in [3.63, 3.8) is 0 Å². The Morgan fingerprint density at radius 1 is 0.708 bits per heavy atom. The lowest BCUT2D eigenvalue weighted by Gasteiger charge is -2.22. The maximum absolute atomic E-state index is 5.85. The van der Waals surface area contributed by atoms with Crippen LogP contribution in [0.3, 0.4) is 0 Å². The Kier molecular flexibility index (Phi) is 3.91. The van der Waals surface area contributed by atoms with Gasteiger partial charge >= 0.3 is 0 Å². The van der Waals surface area contributed by atoms with E-state index in [1.165, 1.54) is 11.1 Å². The van der Waals surface area contributed by atoms with Crippen molar-refractivity contribution in [3.8, 4) is 34.5 Å². The SMILES string of the molecule is C(#CC1COc2ccccc2O1)c1ccc(-c2ccccc2)cc1. The molecule has 0 aromatic heterocycles. The average molecular weight is 312 g/mol. The molecular weight excluding hydrogens is 296 g/mol. The van der Waals surface area contributed by atoms with Gasteiger partial charge in [-0.05, 0) is 41.3 Å². The van der Waals surface area contributed by atoms with E-state index in [0.717, 1.165) is 17.1 Å². The number of hydrogen-bond donors (Lipinski definition) is 0. The molecule has 0 radical (unpaired) electrons. The van der Waals surface area contributed by atoms with Crippen LogP contribution in [0, 0.1) is 11.8 Å². The summed E-state index contributed by atoms with van der Waals surface area (Å²) < 4.78 is 11.5. The van der Waals surface area contributed by atoms with Crippen LogP contribution in [0.1, 0.15) is 5.56 Å². The molecule has 1 unspecified atom stereocenters. The summed E-state index contributed by atoms with van der Waals surface area (Å²) in [5.74, 6) is 7.84. The summed E-state index contributed by atoms with van der Waals surface area (Å²) in [5, 5.41) is 0. The van der Waals surface area contributed by atoms with E-state index in [-0.39, 0.29) is 6.10 Å². The van der Waals surface area contributed by atoms with Crippen molar-refractivity contribution in [1.82, 2.24) is 0 Å². The van der Waals surface area contributed by atoms with Gasteiger partial charge in [0.25, 0.3) is 0 Å². The van der Waals surface area contributed by atoms with Gasteiger partial charge in [-0.1, -0.05) is 60.5 Å². The van der Waals surface area contributed by atoms with Gasteiger partial charge < -0.3 is 9.47 Å². The van der Waals surface area contributed by atoms with Crippen molar-refractivity contribution < 1.29 is 9.47 Å². The highest BCUT2D eigenvalue weighted by molar-refractivity contribution is 5.64. The fourth-order valence-corrected chi connectivity index (χ4v) is 2.63. The van der Waals surface area contributed by atoms with Crippen molar-refractivity contribution in [3.05, 3.63) is 84.4 Å². The third kappa shape index (κ3) is 3.11. The summed E-state index contributed by atoms with van der Waals surface area (Å²) in [7, 11) is 0. The van der Waals surface area contributed by atoms with E-state index in [2.05, 4.69) is 36.1 Å². The number of benzene rings is 3. The highest BCUT2D eigenvalue weighted by Gasteiger charge is 2.18. The third-order valence-electron chi connectivity index (χ3n) is 3.88. The topological polar surface area (TPSA) is 18.5 Å². The molecule has 2 heteroatoms. The molecule has 116 valence electrons. The van der Waals surface area contributed by atoms with E-state index in [9.17, 15) is 0 Å². The second-order valence-corrected chi connectivity index (χ2v) is 5.58. The van der Waals surface area contributed by atoms with E-state index >= 15 is 0 Å². The molecule has 0 saturated heterocycles. The number of fused-ring (bicyclic) bond motifs is 1. The average Bonchev–Trinajstić information content (AvgIpc) is 2.67. The Morgan fingerprint density at radius 2 is 1.38 bits per heavy atom. The highest BCUT2D eigenvalue weighted by Crippen LogP contribution is 2.30. The first-order chi connectivity index (χ1) is 11.9. The van der Waals surface area contributed by atoms with Crippen molar-refractivity contribution in [2.45, 2.75) is 6.10 Å². The van der Waals surface area contributed by atoms with Gasteiger partial charge in [-0.2, -0.15) is 0 Å². The summed E-state index contributed by atoms with van der Waals surface area (Å²) in [6.45, 7) is 0.451. The Balaban J connectivity index is 1.48. The molecule has 0 amide bonds. The van der Waals surface area contributed by atoms with Crippen LogP contribution in [-0.4, -0.2) is 12.7 Å². The second kappa shape index (κ2) is 6.52. The van der Waals surface area contributed by atoms with Crippen LogP contribution in [-0.2, 0) is 0 Å². The quantitative estimate of drug-likeness (QED) is 0.614. The van der Waals surface area contributed by atoms with Crippen molar-refractivity contribution >= 4 is 0 Å². The van der Waals surface area contributed by atoms with E-state index in [4.69, 9.17) is 9.47 Å². The zero-order valence-corrected chi connectivity index (χ0v) is 13.1.